The van der Waals surface area contributed by atoms with Gasteiger partial charge in [-0.2, -0.15) is 4.98 Å². The predicted octanol–water partition coefficient (Wildman–Crippen LogP) is 3.52. The van der Waals surface area contributed by atoms with Gasteiger partial charge in [0.15, 0.2) is 0 Å². The molecular formula is C20H16BrF2N3O3. The van der Waals surface area contributed by atoms with E-state index < -0.39 is 17.2 Å². The average molecular weight is 464 g/mol. The molecule has 0 aliphatic heterocycles. The molecular weight excluding hydrogens is 448 g/mol. The Kier molecular flexibility index (Phi) is 6.07. The van der Waals surface area contributed by atoms with Crippen LogP contribution in [0.1, 0.15) is 21.7 Å². The number of nitrogens with one attached hydrogen (secondary N) is 1. The molecule has 0 radical (unpaired) electrons. The Morgan fingerprint density at radius 3 is 2.69 bits per heavy atom. The third kappa shape index (κ3) is 4.34. The summed E-state index contributed by atoms with van der Waals surface area (Å²) < 4.78 is 33.6. The summed E-state index contributed by atoms with van der Waals surface area (Å²) in [5.74, 6) is -1.44. The largest absolute Gasteiger partial charge is 0.472 e. The number of aryl methyl sites for hydroxylation is 1. The Morgan fingerprint density at radius 2 is 2.00 bits per heavy atom. The second-order valence-corrected chi connectivity index (χ2v) is 6.87. The molecule has 29 heavy (non-hydrogen) atoms. The second kappa shape index (κ2) is 8.52. The Bertz CT molecular complexity index is 1150. The minimum atomic E-state index is -0.753. The van der Waals surface area contributed by atoms with Crippen LogP contribution in [0.3, 0.4) is 0 Å². The van der Waals surface area contributed by atoms with Gasteiger partial charge >= 0.3 is 0 Å². The van der Waals surface area contributed by atoms with Crippen molar-refractivity contribution in [1.82, 2.24) is 14.9 Å². The van der Waals surface area contributed by atoms with E-state index in [-0.39, 0.29) is 28.4 Å². The number of halogens is 3. The van der Waals surface area contributed by atoms with Gasteiger partial charge in [-0.25, -0.2) is 8.78 Å². The minimum Gasteiger partial charge on any atom is -0.472 e. The lowest BCUT2D eigenvalue weighted by molar-refractivity contribution is 0.0963. The Morgan fingerprint density at radius 1 is 1.24 bits per heavy atom. The van der Waals surface area contributed by atoms with E-state index in [2.05, 4.69) is 26.2 Å². The van der Waals surface area contributed by atoms with Crippen LogP contribution in [0, 0.1) is 18.6 Å². The van der Waals surface area contributed by atoms with Crippen LogP contribution in [0.4, 0.5) is 8.78 Å². The topological polar surface area (TPSA) is 73.2 Å². The molecule has 0 aliphatic rings. The van der Waals surface area contributed by atoms with Crippen LogP contribution in [0.15, 0.2) is 51.7 Å². The Labute approximate surface area is 173 Å². The summed E-state index contributed by atoms with van der Waals surface area (Å²) in [5, 5.41) is 2.52. The van der Waals surface area contributed by atoms with E-state index in [4.69, 9.17) is 4.74 Å². The first-order valence-electron chi connectivity index (χ1n) is 8.50. The number of hydrogen-bond acceptors (Lipinski definition) is 4. The highest BCUT2D eigenvalue weighted by atomic mass is 79.9. The molecule has 1 amide bonds. The molecule has 0 fully saturated rings. The number of rotatable bonds is 5. The van der Waals surface area contributed by atoms with Gasteiger partial charge < -0.3 is 10.1 Å². The lowest BCUT2D eigenvalue weighted by Gasteiger charge is -2.14. The van der Waals surface area contributed by atoms with Gasteiger partial charge in [0.1, 0.15) is 28.5 Å². The standard InChI is InChI=1S/C20H16BrF2N3O3/c1-11-25-19(29-10-13-6-7-14(22)9-16(13)23)17(21)20(28)26(11)15-5-3-4-12(8-15)18(27)24-2/h3-9H,10H2,1-2H3,(H,24,27). The van der Waals surface area contributed by atoms with Crippen molar-refractivity contribution in [1.29, 1.82) is 0 Å². The molecule has 0 unspecified atom stereocenters. The average Bonchev–Trinajstić information content (AvgIpc) is 2.70. The summed E-state index contributed by atoms with van der Waals surface area (Å²) in [6.07, 6.45) is 0. The molecule has 3 rings (SSSR count). The van der Waals surface area contributed by atoms with Gasteiger partial charge in [-0.1, -0.05) is 6.07 Å². The summed E-state index contributed by atoms with van der Waals surface area (Å²) in [6.45, 7) is 1.37. The number of hydrogen-bond donors (Lipinski definition) is 1. The van der Waals surface area contributed by atoms with Crippen molar-refractivity contribution in [2.75, 3.05) is 7.05 Å². The molecule has 1 N–H and O–H groups in total. The summed E-state index contributed by atoms with van der Waals surface area (Å²) in [6, 6.07) is 9.65. The van der Waals surface area contributed by atoms with Crippen LogP contribution < -0.4 is 15.6 Å². The molecule has 2 aromatic carbocycles. The van der Waals surface area contributed by atoms with Crippen LogP contribution in [0.5, 0.6) is 5.88 Å². The fraction of sp³-hybridized carbons (Fsp3) is 0.150. The molecule has 6 nitrogen and oxygen atoms in total. The fourth-order valence-corrected chi connectivity index (χ4v) is 3.08. The van der Waals surface area contributed by atoms with Crippen molar-refractivity contribution in [2.24, 2.45) is 0 Å². The molecule has 0 atom stereocenters. The van der Waals surface area contributed by atoms with E-state index in [1.807, 2.05) is 0 Å². The fourth-order valence-electron chi connectivity index (χ4n) is 2.70. The number of carbonyl (C=O) groups excluding carboxylic acids is 1. The van der Waals surface area contributed by atoms with E-state index in [1.54, 1.807) is 31.2 Å². The van der Waals surface area contributed by atoms with E-state index >= 15 is 0 Å². The second-order valence-electron chi connectivity index (χ2n) is 6.07. The van der Waals surface area contributed by atoms with Gasteiger partial charge in [-0.05, 0) is 53.2 Å². The molecule has 9 heteroatoms. The van der Waals surface area contributed by atoms with Crippen LogP contribution in [0.25, 0.3) is 5.69 Å². The molecule has 1 aromatic heterocycles. The maximum absolute atomic E-state index is 13.8. The number of aromatic nitrogens is 2. The van der Waals surface area contributed by atoms with Crippen LogP contribution in [-0.2, 0) is 6.61 Å². The van der Waals surface area contributed by atoms with E-state index in [9.17, 15) is 18.4 Å². The molecule has 0 spiro atoms. The van der Waals surface area contributed by atoms with Crippen molar-refractivity contribution in [3.63, 3.8) is 0 Å². The van der Waals surface area contributed by atoms with E-state index in [1.165, 1.54) is 17.7 Å². The molecule has 0 bridgehead atoms. The van der Waals surface area contributed by atoms with Gasteiger partial charge in [-0.15, -0.1) is 0 Å². The third-order valence-corrected chi connectivity index (χ3v) is 4.82. The van der Waals surface area contributed by atoms with Gasteiger partial charge in [-0.3, -0.25) is 14.2 Å². The summed E-state index contributed by atoms with van der Waals surface area (Å²) in [5.41, 5.74) is 0.513. The van der Waals surface area contributed by atoms with Crippen LogP contribution in [0.2, 0.25) is 0 Å². The smallest absolute Gasteiger partial charge is 0.276 e. The number of ether oxygens (including phenoxy) is 1. The highest BCUT2D eigenvalue weighted by Crippen LogP contribution is 2.22. The first-order chi connectivity index (χ1) is 13.8. The SMILES string of the molecule is CNC(=O)c1cccc(-n2c(C)nc(OCc3ccc(F)cc3F)c(Br)c2=O)c1. The number of amides is 1. The summed E-state index contributed by atoms with van der Waals surface area (Å²) >= 11 is 3.17. The molecule has 0 saturated carbocycles. The number of nitrogens with zero attached hydrogens (tertiary/aromatic N) is 2. The zero-order chi connectivity index (χ0) is 21.1. The third-order valence-electron chi connectivity index (χ3n) is 4.14. The predicted molar refractivity (Wildman–Crippen MR) is 106 cm³/mol. The van der Waals surface area contributed by atoms with Crippen molar-refractivity contribution < 1.29 is 18.3 Å². The van der Waals surface area contributed by atoms with Crippen LogP contribution >= 0.6 is 15.9 Å². The summed E-state index contributed by atoms with van der Waals surface area (Å²) in [7, 11) is 1.51. The highest BCUT2D eigenvalue weighted by Gasteiger charge is 2.17. The van der Waals surface area contributed by atoms with Gasteiger partial charge in [0.2, 0.25) is 5.88 Å². The minimum absolute atomic E-state index is 0.0186. The quantitative estimate of drug-likeness (QED) is 0.628. The lowest BCUT2D eigenvalue weighted by atomic mass is 10.2. The molecule has 150 valence electrons. The Balaban J connectivity index is 1.95. The van der Waals surface area contributed by atoms with Crippen LogP contribution in [-0.4, -0.2) is 22.5 Å². The highest BCUT2D eigenvalue weighted by molar-refractivity contribution is 9.10. The van der Waals surface area contributed by atoms with Crippen molar-refractivity contribution >= 4 is 21.8 Å². The van der Waals surface area contributed by atoms with E-state index in [0.29, 0.717) is 17.1 Å². The zero-order valence-electron chi connectivity index (χ0n) is 15.5. The maximum atomic E-state index is 13.8. The number of benzene rings is 2. The van der Waals surface area contributed by atoms with Gasteiger partial charge in [0.05, 0.1) is 5.69 Å². The molecule has 0 saturated heterocycles. The lowest BCUT2D eigenvalue weighted by Crippen LogP contribution is -2.24. The first kappa shape index (κ1) is 20.7. The normalized spacial score (nSPS) is 10.7. The summed E-state index contributed by atoms with van der Waals surface area (Å²) in [4.78, 5) is 29.0. The maximum Gasteiger partial charge on any atom is 0.276 e. The van der Waals surface area contributed by atoms with E-state index in [0.717, 1.165) is 12.1 Å². The first-order valence-corrected chi connectivity index (χ1v) is 9.29. The van der Waals surface area contributed by atoms with Gasteiger partial charge in [0, 0.05) is 24.2 Å². The zero-order valence-corrected chi connectivity index (χ0v) is 17.1. The number of carbonyl (C=O) groups is 1. The van der Waals surface area contributed by atoms with Crippen molar-refractivity contribution in [2.45, 2.75) is 13.5 Å². The van der Waals surface area contributed by atoms with Crippen molar-refractivity contribution in [3.05, 3.63) is 85.9 Å². The Hall–Kier alpha value is -3.07. The molecule has 3 aromatic rings. The van der Waals surface area contributed by atoms with Crippen molar-refractivity contribution in [3.8, 4) is 11.6 Å². The molecule has 0 aliphatic carbocycles. The monoisotopic (exact) mass is 463 g/mol. The molecule has 1 heterocycles. The van der Waals surface area contributed by atoms with Gasteiger partial charge in [0.25, 0.3) is 11.5 Å².